The number of nitrogens with two attached hydrogens (primary N) is 2. The summed E-state index contributed by atoms with van der Waals surface area (Å²) >= 11 is 1.13. The summed E-state index contributed by atoms with van der Waals surface area (Å²) < 4.78 is 0. The van der Waals surface area contributed by atoms with Gasteiger partial charge in [0.05, 0.1) is 11.9 Å². The predicted molar refractivity (Wildman–Crippen MR) is 77.1 cm³/mol. The summed E-state index contributed by atoms with van der Waals surface area (Å²) in [5.74, 6) is -1.11. The molecule has 2 aromatic heterocycles. The Balaban J connectivity index is 2.32. The number of carbonyl (C=O) groups excluding carboxylic acids is 2. The Labute approximate surface area is 119 Å². The van der Waals surface area contributed by atoms with Crippen LogP contribution in [0.3, 0.4) is 0 Å². The molecule has 7 nitrogen and oxygen atoms in total. The Bertz CT molecular complexity index is 667. The van der Waals surface area contributed by atoms with Crippen molar-refractivity contribution >= 4 is 39.1 Å². The molecule has 0 aliphatic rings. The standard InChI is InChI=1S/C12H15N5O2S/c1-5(2)8(10(14)18)16-11(19)9-7(13)6-3-4-15-17-12(6)20-9/h3-5,8H,13H2,1-2H3,(H2,14,18)(H,16,19). The molecule has 106 valence electrons. The van der Waals surface area contributed by atoms with Gasteiger partial charge >= 0.3 is 0 Å². The molecule has 0 bridgehead atoms. The molecule has 0 saturated heterocycles. The molecule has 0 aliphatic heterocycles. The highest BCUT2D eigenvalue weighted by atomic mass is 32.1. The summed E-state index contributed by atoms with van der Waals surface area (Å²) in [7, 11) is 0. The molecule has 0 radical (unpaired) electrons. The molecule has 0 aliphatic carbocycles. The lowest BCUT2D eigenvalue weighted by Gasteiger charge is -2.18. The van der Waals surface area contributed by atoms with Crippen molar-refractivity contribution in [3.05, 3.63) is 17.1 Å². The number of nitrogen functional groups attached to an aromatic ring is 1. The summed E-state index contributed by atoms with van der Waals surface area (Å²) in [6.07, 6.45) is 1.51. The lowest BCUT2D eigenvalue weighted by Crippen LogP contribution is -2.47. The quantitative estimate of drug-likeness (QED) is 0.757. The lowest BCUT2D eigenvalue weighted by atomic mass is 10.0. The molecule has 20 heavy (non-hydrogen) atoms. The molecule has 1 atom stereocenters. The second-order valence-corrected chi connectivity index (χ2v) is 5.69. The monoisotopic (exact) mass is 293 g/mol. The zero-order valence-electron chi connectivity index (χ0n) is 11.1. The number of carbonyl (C=O) groups is 2. The Morgan fingerprint density at radius 2 is 2.10 bits per heavy atom. The first-order valence-corrected chi connectivity index (χ1v) is 6.83. The average Bonchev–Trinajstić information content (AvgIpc) is 2.73. The van der Waals surface area contributed by atoms with E-state index in [0.29, 0.717) is 20.8 Å². The number of nitrogens with one attached hydrogen (secondary N) is 1. The number of fused-ring (bicyclic) bond motifs is 1. The van der Waals surface area contributed by atoms with Crippen molar-refractivity contribution in [2.75, 3.05) is 5.73 Å². The van der Waals surface area contributed by atoms with E-state index in [4.69, 9.17) is 11.5 Å². The number of hydrogen-bond acceptors (Lipinski definition) is 6. The van der Waals surface area contributed by atoms with E-state index in [1.807, 2.05) is 0 Å². The van der Waals surface area contributed by atoms with Gasteiger partial charge < -0.3 is 16.8 Å². The number of primary amides is 1. The van der Waals surface area contributed by atoms with E-state index >= 15 is 0 Å². The van der Waals surface area contributed by atoms with Gasteiger partial charge in [-0.15, -0.1) is 16.4 Å². The number of rotatable bonds is 4. The van der Waals surface area contributed by atoms with Crippen LogP contribution in [0.15, 0.2) is 12.3 Å². The lowest BCUT2D eigenvalue weighted by molar-refractivity contribution is -0.120. The van der Waals surface area contributed by atoms with E-state index in [9.17, 15) is 9.59 Å². The van der Waals surface area contributed by atoms with Crippen LogP contribution < -0.4 is 16.8 Å². The fraction of sp³-hybridized carbons (Fsp3) is 0.333. The van der Waals surface area contributed by atoms with E-state index in [-0.39, 0.29) is 5.92 Å². The number of nitrogens with zero attached hydrogens (tertiary/aromatic N) is 2. The van der Waals surface area contributed by atoms with Crippen LogP contribution in [0, 0.1) is 5.92 Å². The van der Waals surface area contributed by atoms with Crippen LogP contribution in [0.2, 0.25) is 0 Å². The zero-order valence-corrected chi connectivity index (χ0v) is 11.9. The molecule has 0 spiro atoms. The van der Waals surface area contributed by atoms with E-state index in [1.165, 1.54) is 6.20 Å². The van der Waals surface area contributed by atoms with Crippen molar-refractivity contribution in [3.8, 4) is 0 Å². The van der Waals surface area contributed by atoms with Gasteiger partial charge in [0, 0.05) is 5.39 Å². The summed E-state index contributed by atoms with van der Waals surface area (Å²) in [4.78, 5) is 24.4. The third-order valence-electron chi connectivity index (χ3n) is 2.89. The van der Waals surface area contributed by atoms with Gasteiger partial charge in [0.2, 0.25) is 5.91 Å². The van der Waals surface area contributed by atoms with Crippen LogP contribution >= 0.6 is 11.3 Å². The first-order chi connectivity index (χ1) is 9.41. The minimum absolute atomic E-state index is 0.105. The van der Waals surface area contributed by atoms with E-state index in [1.54, 1.807) is 19.9 Å². The van der Waals surface area contributed by atoms with Gasteiger partial charge in [-0.25, -0.2) is 0 Å². The Kier molecular flexibility index (Phi) is 3.84. The average molecular weight is 293 g/mol. The van der Waals surface area contributed by atoms with Crippen LogP contribution in [-0.4, -0.2) is 28.1 Å². The van der Waals surface area contributed by atoms with Gasteiger partial charge in [-0.05, 0) is 12.0 Å². The molecular formula is C12H15N5O2S. The van der Waals surface area contributed by atoms with Gasteiger partial charge in [0.25, 0.3) is 5.91 Å². The number of anilines is 1. The van der Waals surface area contributed by atoms with Gasteiger partial charge in [-0.3, -0.25) is 9.59 Å². The fourth-order valence-corrected chi connectivity index (χ4v) is 2.76. The van der Waals surface area contributed by atoms with Gasteiger partial charge in [-0.1, -0.05) is 13.8 Å². The van der Waals surface area contributed by atoms with Crippen molar-refractivity contribution < 1.29 is 9.59 Å². The second-order valence-electron chi connectivity index (χ2n) is 4.69. The summed E-state index contributed by atoms with van der Waals surface area (Å²) in [6, 6.07) is 0.956. The molecule has 5 N–H and O–H groups in total. The smallest absolute Gasteiger partial charge is 0.264 e. The maximum absolute atomic E-state index is 12.2. The minimum atomic E-state index is -0.738. The number of thiophene rings is 1. The molecule has 1 unspecified atom stereocenters. The summed E-state index contributed by atoms with van der Waals surface area (Å²) in [5, 5.41) is 10.9. The summed E-state index contributed by atoms with van der Waals surface area (Å²) in [5.41, 5.74) is 11.5. The fourth-order valence-electron chi connectivity index (χ4n) is 1.81. The molecule has 8 heteroatoms. The maximum Gasteiger partial charge on any atom is 0.264 e. The van der Waals surface area contributed by atoms with Gasteiger partial charge in [0.1, 0.15) is 15.7 Å². The predicted octanol–water partition coefficient (Wildman–Crippen LogP) is 0.513. The van der Waals surface area contributed by atoms with E-state index in [0.717, 1.165) is 11.3 Å². The first-order valence-electron chi connectivity index (χ1n) is 6.01. The Hall–Kier alpha value is -2.22. The largest absolute Gasteiger partial charge is 0.397 e. The topological polar surface area (TPSA) is 124 Å². The molecule has 2 amide bonds. The van der Waals surface area contributed by atoms with Crippen LogP contribution in [0.5, 0.6) is 0 Å². The van der Waals surface area contributed by atoms with Crippen LogP contribution in [-0.2, 0) is 4.79 Å². The van der Waals surface area contributed by atoms with Crippen LogP contribution in [0.25, 0.3) is 10.2 Å². The Morgan fingerprint density at radius 3 is 2.65 bits per heavy atom. The summed E-state index contributed by atoms with van der Waals surface area (Å²) in [6.45, 7) is 3.60. The highest BCUT2D eigenvalue weighted by Crippen LogP contribution is 2.31. The Morgan fingerprint density at radius 1 is 1.40 bits per heavy atom. The number of amides is 2. The van der Waals surface area contributed by atoms with Gasteiger partial charge in [0.15, 0.2) is 0 Å². The molecule has 0 fully saturated rings. The molecule has 2 heterocycles. The highest BCUT2D eigenvalue weighted by molar-refractivity contribution is 7.21. The van der Waals surface area contributed by atoms with Crippen molar-refractivity contribution in [1.29, 1.82) is 0 Å². The second kappa shape index (κ2) is 5.41. The van der Waals surface area contributed by atoms with E-state index in [2.05, 4.69) is 15.5 Å². The zero-order chi connectivity index (χ0) is 14.9. The van der Waals surface area contributed by atoms with Crippen molar-refractivity contribution in [2.45, 2.75) is 19.9 Å². The molecular weight excluding hydrogens is 278 g/mol. The maximum atomic E-state index is 12.2. The van der Waals surface area contributed by atoms with E-state index < -0.39 is 17.9 Å². The molecule has 0 saturated carbocycles. The third-order valence-corrected chi connectivity index (χ3v) is 3.99. The van der Waals surface area contributed by atoms with Crippen molar-refractivity contribution in [1.82, 2.24) is 15.5 Å². The molecule has 2 aromatic rings. The minimum Gasteiger partial charge on any atom is -0.397 e. The molecule has 0 aromatic carbocycles. The van der Waals surface area contributed by atoms with Crippen molar-refractivity contribution in [3.63, 3.8) is 0 Å². The highest BCUT2D eigenvalue weighted by Gasteiger charge is 2.25. The normalized spacial score (nSPS) is 12.6. The molecule has 2 rings (SSSR count). The third kappa shape index (κ3) is 2.55. The SMILES string of the molecule is CC(C)C(NC(=O)c1sc2nnccc2c1N)C(N)=O. The number of aromatic nitrogens is 2. The van der Waals surface area contributed by atoms with Crippen LogP contribution in [0.1, 0.15) is 23.5 Å². The number of hydrogen-bond donors (Lipinski definition) is 3. The van der Waals surface area contributed by atoms with Gasteiger partial charge in [-0.2, -0.15) is 5.10 Å². The first kappa shape index (κ1) is 14.2. The van der Waals surface area contributed by atoms with Crippen LogP contribution in [0.4, 0.5) is 5.69 Å². The van der Waals surface area contributed by atoms with Crippen molar-refractivity contribution in [2.24, 2.45) is 11.7 Å².